The van der Waals surface area contributed by atoms with Crippen molar-refractivity contribution in [3.8, 4) is 11.5 Å². The van der Waals surface area contributed by atoms with Gasteiger partial charge >= 0.3 is 0 Å². The molecule has 0 spiro atoms. The highest BCUT2D eigenvalue weighted by atomic mass is 16.5. The van der Waals surface area contributed by atoms with E-state index in [-0.39, 0.29) is 5.41 Å². The first-order chi connectivity index (χ1) is 15.4. The highest BCUT2D eigenvalue weighted by Crippen LogP contribution is 2.42. The smallest absolute Gasteiger partial charge is 0.163 e. The molecule has 0 amide bonds. The number of nitrogens with zero attached hydrogens (tertiary/aromatic N) is 2. The molecule has 1 saturated heterocycles. The van der Waals surface area contributed by atoms with Gasteiger partial charge in [0.15, 0.2) is 11.5 Å². The summed E-state index contributed by atoms with van der Waals surface area (Å²) in [6.45, 7) is 12.2. The maximum Gasteiger partial charge on any atom is 0.163 e. The number of hydrogen-bond donors (Lipinski definition) is 1. The van der Waals surface area contributed by atoms with Gasteiger partial charge in [0, 0.05) is 41.3 Å². The molecule has 174 valence electrons. The van der Waals surface area contributed by atoms with Crippen molar-refractivity contribution in [3.63, 3.8) is 0 Å². The molecule has 1 atom stereocenters. The van der Waals surface area contributed by atoms with E-state index < -0.39 is 0 Å². The van der Waals surface area contributed by atoms with Crippen LogP contribution in [0.3, 0.4) is 0 Å². The van der Waals surface area contributed by atoms with Gasteiger partial charge in [0.1, 0.15) is 0 Å². The molecule has 0 radical (unpaired) electrons. The topological polar surface area (TPSA) is 46.6 Å². The zero-order valence-electron chi connectivity index (χ0n) is 20.3. The normalized spacial score (nSPS) is 21.2. The number of pyridine rings is 1. The number of nitrogens with one attached hydrogen (secondary N) is 1. The molecule has 5 rings (SSSR count). The van der Waals surface area contributed by atoms with Crippen molar-refractivity contribution in [3.05, 3.63) is 23.4 Å². The molecular weight excluding hydrogens is 398 g/mol. The van der Waals surface area contributed by atoms with Crippen LogP contribution in [-0.4, -0.2) is 49.8 Å². The molecule has 5 nitrogen and oxygen atoms in total. The molecule has 0 bridgehead atoms. The van der Waals surface area contributed by atoms with Crippen LogP contribution in [0.5, 0.6) is 11.5 Å². The molecule has 32 heavy (non-hydrogen) atoms. The molecule has 3 aliphatic rings. The minimum absolute atomic E-state index is 0.0854. The van der Waals surface area contributed by atoms with Crippen LogP contribution < -0.4 is 14.8 Å². The number of aromatic nitrogens is 1. The van der Waals surface area contributed by atoms with E-state index >= 15 is 0 Å². The molecule has 2 heterocycles. The predicted molar refractivity (Wildman–Crippen MR) is 131 cm³/mol. The Morgan fingerprint density at radius 2 is 1.91 bits per heavy atom. The number of anilines is 1. The summed E-state index contributed by atoms with van der Waals surface area (Å²) in [7, 11) is 1.74. The van der Waals surface area contributed by atoms with Gasteiger partial charge in [0.2, 0.25) is 0 Å². The van der Waals surface area contributed by atoms with Crippen LogP contribution in [-0.2, 0) is 12.8 Å². The van der Waals surface area contributed by atoms with Crippen LogP contribution in [0.25, 0.3) is 10.9 Å². The molecule has 5 heteroatoms. The summed E-state index contributed by atoms with van der Waals surface area (Å²) in [5, 5.41) is 4.96. The second-order valence-corrected chi connectivity index (χ2v) is 11.2. The van der Waals surface area contributed by atoms with E-state index in [1.165, 1.54) is 61.1 Å². The fraction of sp³-hybridized carbons (Fsp3) is 0.667. The molecule has 2 fully saturated rings. The summed E-state index contributed by atoms with van der Waals surface area (Å²) >= 11 is 0. The van der Waals surface area contributed by atoms with Crippen molar-refractivity contribution in [1.82, 2.24) is 9.88 Å². The first-order valence-electron chi connectivity index (χ1n) is 12.5. The predicted octanol–water partition coefficient (Wildman–Crippen LogP) is 5.30. The third-order valence-corrected chi connectivity index (χ3v) is 7.28. The molecule has 1 aromatic heterocycles. The molecular formula is C27H39N3O2. The van der Waals surface area contributed by atoms with E-state index in [0.717, 1.165) is 48.9 Å². The summed E-state index contributed by atoms with van der Waals surface area (Å²) in [5.74, 6) is 3.09. The van der Waals surface area contributed by atoms with E-state index in [2.05, 4.69) is 43.1 Å². The molecule has 2 aromatic rings. The van der Waals surface area contributed by atoms with E-state index in [4.69, 9.17) is 14.5 Å². The lowest BCUT2D eigenvalue weighted by molar-refractivity contribution is 0.126. The Hall–Kier alpha value is -2.01. The molecule has 1 N–H and O–H groups in total. The average Bonchev–Trinajstić information content (AvgIpc) is 3.31. The molecule has 1 aliphatic heterocycles. The van der Waals surface area contributed by atoms with Crippen LogP contribution in [0.1, 0.15) is 57.7 Å². The molecule has 1 aromatic carbocycles. The zero-order chi connectivity index (χ0) is 22.3. The van der Waals surface area contributed by atoms with Gasteiger partial charge in [-0.3, -0.25) is 4.98 Å². The van der Waals surface area contributed by atoms with Gasteiger partial charge in [-0.15, -0.1) is 0 Å². The minimum atomic E-state index is 0.0854. The van der Waals surface area contributed by atoms with Gasteiger partial charge in [-0.25, -0.2) is 0 Å². The van der Waals surface area contributed by atoms with E-state index in [0.29, 0.717) is 12.5 Å². The third kappa shape index (κ3) is 4.68. The Bertz CT molecular complexity index is 977. The number of likely N-dealkylation sites (tertiary alicyclic amines) is 1. The number of methoxy groups -OCH3 is 1. The Balaban J connectivity index is 1.42. The highest BCUT2D eigenvalue weighted by molar-refractivity contribution is 5.96. The Labute approximate surface area is 192 Å². The van der Waals surface area contributed by atoms with Crippen molar-refractivity contribution in [1.29, 1.82) is 0 Å². The summed E-state index contributed by atoms with van der Waals surface area (Å²) in [6.07, 6.45) is 7.51. The summed E-state index contributed by atoms with van der Waals surface area (Å²) in [5.41, 5.74) is 5.05. The standard InChI is InChI=1S/C27H39N3O2/c1-18-11-20-22(12-18)29-23-14-25(32-17-27(2,3)16-30-9-5-6-10-30)24(31-4)13-21(23)26(20)28-15-19-7-8-19/h13-14,18-19H,5-12,15-17H2,1-4H3,(H,28,29). The lowest BCUT2D eigenvalue weighted by Gasteiger charge is -2.30. The minimum Gasteiger partial charge on any atom is -0.493 e. The number of ether oxygens (including phenoxy) is 2. The maximum absolute atomic E-state index is 6.39. The van der Waals surface area contributed by atoms with Crippen molar-refractivity contribution in [2.24, 2.45) is 17.3 Å². The van der Waals surface area contributed by atoms with Crippen LogP contribution in [0.15, 0.2) is 12.1 Å². The fourth-order valence-corrected chi connectivity index (χ4v) is 5.41. The summed E-state index contributed by atoms with van der Waals surface area (Å²) in [4.78, 5) is 7.65. The number of fused-ring (bicyclic) bond motifs is 2. The molecule has 1 saturated carbocycles. The van der Waals surface area contributed by atoms with Gasteiger partial charge in [0.05, 0.1) is 19.2 Å². The number of benzene rings is 1. The highest BCUT2D eigenvalue weighted by Gasteiger charge is 2.28. The largest absolute Gasteiger partial charge is 0.493 e. The lowest BCUT2D eigenvalue weighted by atomic mass is 9.94. The van der Waals surface area contributed by atoms with Crippen molar-refractivity contribution in [2.75, 3.05) is 45.2 Å². The fourth-order valence-electron chi connectivity index (χ4n) is 5.41. The Kier molecular flexibility index (Phi) is 5.96. The van der Waals surface area contributed by atoms with E-state index in [9.17, 15) is 0 Å². The number of rotatable bonds is 9. The summed E-state index contributed by atoms with van der Waals surface area (Å²) < 4.78 is 12.2. The maximum atomic E-state index is 6.39. The van der Waals surface area contributed by atoms with Crippen LogP contribution in [0.2, 0.25) is 0 Å². The van der Waals surface area contributed by atoms with Crippen LogP contribution in [0, 0.1) is 17.3 Å². The van der Waals surface area contributed by atoms with E-state index in [1.54, 1.807) is 7.11 Å². The van der Waals surface area contributed by atoms with Gasteiger partial charge < -0.3 is 19.7 Å². The average molecular weight is 438 g/mol. The third-order valence-electron chi connectivity index (χ3n) is 7.28. The van der Waals surface area contributed by atoms with Crippen LogP contribution >= 0.6 is 0 Å². The van der Waals surface area contributed by atoms with Gasteiger partial charge in [0.25, 0.3) is 0 Å². The van der Waals surface area contributed by atoms with Gasteiger partial charge in [-0.2, -0.15) is 0 Å². The second-order valence-electron chi connectivity index (χ2n) is 11.2. The first-order valence-corrected chi connectivity index (χ1v) is 12.5. The Morgan fingerprint density at radius 1 is 1.12 bits per heavy atom. The van der Waals surface area contributed by atoms with E-state index in [1.807, 2.05) is 0 Å². The lowest BCUT2D eigenvalue weighted by Crippen LogP contribution is -2.36. The molecule has 2 aliphatic carbocycles. The van der Waals surface area contributed by atoms with Crippen molar-refractivity contribution >= 4 is 16.6 Å². The monoisotopic (exact) mass is 437 g/mol. The SMILES string of the molecule is COc1cc2c(NCC3CC3)c3c(nc2cc1OCC(C)(C)CN1CCCC1)CC(C)C3. The van der Waals surface area contributed by atoms with Crippen molar-refractivity contribution in [2.45, 2.75) is 59.3 Å². The second kappa shape index (κ2) is 8.74. The quantitative estimate of drug-likeness (QED) is 0.577. The van der Waals surface area contributed by atoms with Crippen molar-refractivity contribution < 1.29 is 9.47 Å². The first kappa shape index (κ1) is 21.8. The summed E-state index contributed by atoms with van der Waals surface area (Å²) in [6, 6.07) is 4.25. The van der Waals surface area contributed by atoms with Gasteiger partial charge in [-0.1, -0.05) is 20.8 Å². The van der Waals surface area contributed by atoms with Crippen LogP contribution in [0.4, 0.5) is 5.69 Å². The van der Waals surface area contributed by atoms with Gasteiger partial charge in [-0.05, 0) is 75.1 Å². The zero-order valence-corrected chi connectivity index (χ0v) is 20.3. The molecule has 1 unspecified atom stereocenters. The number of hydrogen-bond acceptors (Lipinski definition) is 5. The Morgan fingerprint density at radius 3 is 2.62 bits per heavy atom.